The molecule has 29 heavy (non-hydrogen) atoms. The summed E-state index contributed by atoms with van der Waals surface area (Å²) < 4.78 is 6.95. The van der Waals surface area contributed by atoms with Crippen LogP contribution in [-0.4, -0.2) is 36.6 Å². The smallest absolute Gasteiger partial charge is 0.268 e. The van der Waals surface area contributed by atoms with Gasteiger partial charge in [-0.15, -0.1) is 0 Å². The Morgan fingerprint density at radius 1 is 1.00 bits per heavy atom. The fourth-order valence-corrected chi connectivity index (χ4v) is 3.32. The summed E-state index contributed by atoms with van der Waals surface area (Å²) in [5, 5.41) is 6.71. The molecule has 2 N–H and O–H groups in total. The lowest BCUT2D eigenvalue weighted by Crippen LogP contribution is -2.28. The minimum atomic E-state index is -0.153. The number of rotatable bonds is 7. The van der Waals surface area contributed by atoms with Crippen LogP contribution >= 0.6 is 0 Å². The van der Waals surface area contributed by atoms with E-state index in [1.54, 1.807) is 7.11 Å². The van der Waals surface area contributed by atoms with Gasteiger partial charge >= 0.3 is 0 Å². The molecule has 152 valence electrons. The molecular weight excluding hydrogens is 366 g/mol. The predicted molar refractivity (Wildman–Crippen MR) is 116 cm³/mol. The number of hydrogen-bond donors (Lipinski definition) is 2. The molecule has 1 aromatic heterocycles. The van der Waals surface area contributed by atoms with Crippen molar-refractivity contribution in [3.8, 4) is 0 Å². The first kappa shape index (κ1) is 20.6. The number of benzene rings is 2. The quantitative estimate of drug-likeness (QED) is 0.598. The predicted octanol–water partition coefficient (Wildman–Crippen LogP) is 3.91. The number of ether oxygens (including phenoxy) is 1. The van der Waals surface area contributed by atoms with Crippen LogP contribution in [0.15, 0.2) is 42.5 Å². The van der Waals surface area contributed by atoms with E-state index >= 15 is 0 Å². The van der Waals surface area contributed by atoms with Crippen molar-refractivity contribution < 1.29 is 14.3 Å². The molecule has 0 aliphatic heterocycles. The van der Waals surface area contributed by atoms with Crippen molar-refractivity contribution in [3.05, 3.63) is 64.8 Å². The minimum absolute atomic E-state index is 0.138. The van der Waals surface area contributed by atoms with Gasteiger partial charge in [0.05, 0.1) is 6.61 Å². The van der Waals surface area contributed by atoms with E-state index in [0.29, 0.717) is 36.6 Å². The number of nitrogens with one attached hydrogen (secondary N) is 2. The molecule has 6 heteroatoms. The monoisotopic (exact) mass is 393 g/mol. The number of fused-ring (bicyclic) bond motifs is 1. The molecule has 0 unspecified atom stereocenters. The van der Waals surface area contributed by atoms with Crippen molar-refractivity contribution in [2.45, 2.75) is 27.3 Å². The number of aromatic nitrogens is 1. The summed E-state index contributed by atoms with van der Waals surface area (Å²) in [4.78, 5) is 25.1. The largest absolute Gasteiger partial charge is 0.383 e. The maximum atomic E-state index is 12.6. The Balaban J connectivity index is 1.84. The van der Waals surface area contributed by atoms with Gasteiger partial charge in [-0.05, 0) is 68.3 Å². The molecule has 2 amide bonds. The van der Waals surface area contributed by atoms with E-state index in [4.69, 9.17) is 4.74 Å². The Bertz CT molecular complexity index is 1050. The molecule has 0 bridgehead atoms. The Hall–Kier alpha value is -3.12. The molecule has 0 aliphatic carbocycles. The zero-order valence-corrected chi connectivity index (χ0v) is 17.3. The van der Waals surface area contributed by atoms with Gasteiger partial charge in [-0.2, -0.15) is 0 Å². The molecule has 0 spiro atoms. The topological polar surface area (TPSA) is 72.4 Å². The second kappa shape index (κ2) is 8.92. The molecule has 2 aromatic carbocycles. The van der Waals surface area contributed by atoms with Crippen molar-refractivity contribution in [2.75, 3.05) is 25.6 Å². The van der Waals surface area contributed by atoms with Gasteiger partial charge in [0.15, 0.2) is 0 Å². The lowest BCUT2D eigenvalue weighted by Gasteiger charge is -2.09. The Kier molecular flexibility index (Phi) is 6.34. The minimum Gasteiger partial charge on any atom is -0.383 e. The highest BCUT2D eigenvalue weighted by Crippen LogP contribution is 2.24. The molecule has 0 radical (unpaired) electrons. The van der Waals surface area contributed by atoms with Crippen LogP contribution in [0.4, 0.5) is 5.69 Å². The number of anilines is 1. The summed E-state index contributed by atoms with van der Waals surface area (Å²) in [5.74, 6) is -0.291. The van der Waals surface area contributed by atoms with Crippen LogP contribution in [0.2, 0.25) is 0 Å². The lowest BCUT2D eigenvalue weighted by molar-refractivity contribution is 0.0928. The molecule has 3 aromatic rings. The third kappa shape index (κ3) is 4.49. The van der Waals surface area contributed by atoms with Gasteiger partial charge in [-0.25, -0.2) is 0 Å². The van der Waals surface area contributed by atoms with Crippen LogP contribution in [0.3, 0.4) is 0 Å². The van der Waals surface area contributed by atoms with E-state index < -0.39 is 0 Å². The zero-order chi connectivity index (χ0) is 21.0. The number of methoxy groups -OCH3 is 1. The number of carbonyl (C=O) groups is 2. The molecule has 6 nitrogen and oxygen atoms in total. The summed E-state index contributed by atoms with van der Waals surface area (Å²) >= 11 is 0. The average Bonchev–Trinajstić information content (AvgIpc) is 3.08. The number of aryl methyl sites for hydroxylation is 3. The van der Waals surface area contributed by atoms with Crippen molar-refractivity contribution in [1.29, 1.82) is 0 Å². The standard InChI is InChI=1S/C23H27N3O3/c1-5-26-20-9-8-19(25-22(27)17-7-6-15(2)16(3)12-17)13-18(20)14-21(26)23(28)24-10-11-29-4/h6-9,12-14H,5,10-11H2,1-4H3,(H,24,28)(H,25,27). The first-order valence-corrected chi connectivity index (χ1v) is 9.73. The highest BCUT2D eigenvalue weighted by Gasteiger charge is 2.15. The average molecular weight is 393 g/mol. The molecule has 3 rings (SSSR count). The first-order valence-electron chi connectivity index (χ1n) is 9.73. The molecule has 0 fully saturated rings. The molecule has 0 aliphatic rings. The van der Waals surface area contributed by atoms with Gasteiger partial charge in [0.2, 0.25) is 0 Å². The van der Waals surface area contributed by atoms with Gasteiger partial charge in [-0.3, -0.25) is 9.59 Å². The molecule has 0 atom stereocenters. The third-order valence-corrected chi connectivity index (χ3v) is 5.07. The molecule has 0 saturated heterocycles. The van der Waals surface area contributed by atoms with Gasteiger partial charge in [-0.1, -0.05) is 6.07 Å². The number of amides is 2. The van der Waals surface area contributed by atoms with E-state index in [0.717, 1.165) is 22.0 Å². The Morgan fingerprint density at radius 3 is 2.48 bits per heavy atom. The van der Waals surface area contributed by atoms with Gasteiger partial charge in [0.25, 0.3) is 11.8 Å². The number of hydrogen-bond acceptors (Lipinski definition) is 3. The lowest BCUT2D eigenvalue weighted by atomic mass is 10.1. The normalized spacial score (nSPS) is 10.9. The summed E-state index contributed by atoms with van der Waals surface area (Å²) in [7, 11) is 1.60. The highest BCUT2D eigenvalue weighted by molar-refractivity contribution is 6.06. The van der Waals surface area contributed by atoms with E-state index in [9.17, 15) is 9.59 Å². The second-order valence-corrected chi connectivity index (χ2v) is 7.05. The second-order valence-electron chi connectivity index (χ2n) is 7.05. The maximum Gasteiger partial charge on any atom is 0.268 e. The van der Waals surface area contributed by atoms with Crippen molar-refractivity contribution >= 4 is 28.4 Å². The van der Waals surface area contributed by atoms with Crippen molar-refractivity contribution in [3.63, 3.8) is 0 Å². The summed E-state index contributed by atoms with van der Waals surface area (Å²) in [5.41, 5.74) is 5.10. The summed E-state index contributed by atoms with van der Waals surface area (Å²) in [6.45, 7) is 7.60. The summed E-state index contributed by atoms with van der Waals surface area (Å²) in [6, 6.07) is 13.2. The van der Waals surface area contributed by atoms with Crippen molar-refractivity contribution in [1.82, 2.24) is 9.88 Å². The van der Waals surface area contributed by atoms with E-state index in [1.165, 1.54) is 0 Å². The highest BCUT2D eigenvalue weighted by atomic mass is 16.5. The zero-order valence-electron chi connectivity index (χ0n) is 17.3. The fourth-order valence-electron chi connectivity index (χ4n) is 3.32. The van der Waals surface area contributed by atoms with Gasteiger partial charge in [0.1, 0.15) is 5.69 Å². The molecular formula is C23H27N3O3. The van der Waals surface area contributed by atoms with Gasteiger partial charge in [0, 0.05) is 42.4 Å². The Morgan fingerprint density at radius 2 is 1.79 bits per heavy atom. The number of nitrogens with zero attached hydrogens (tertiary/aromatic N) is 1. The van der Waals surface area contributed by atoms with Crippen LogP contribution in [0.5, 0.6) is 0 Å². The summed E-state index contributed by atoms with van der Waals surface area (Å²) in [6.07, 6.45) is 0. The molecule has 1 heterocycles. The van der Waals surface area contributed by atoms with Crippen LogP contribution in [0, 0.1) is 13.8 Å². The van der Waals surface area contributed by atoms with Crippen molar-refractivity contribution in [2.24, 2.45) is 0 Å². The number of carbonyl (C=O) groups excluding carboxylic acids is 2. The first-order chi connectivity index (χ1) is 13.9. The van der Waals surface area contributed by atoms with Crippen LogP contribution in [0.1, 0.15) is 38.9 Å². The fraction of sp³-hybridized carbons (Fsp3) is 0.304. The third-order valence-electron chi connectivity index (χ3n) is 5.07. The van der Waals surface area contributed by atoms with E-state index in [-0.39, 0.29) is 11.8 Å². The SMILES string of the molecule is CCn1c(C(=O)NCCOC)cc2cc(NC(=O)c3ccc(C)c(C)c3)ccc21. The Labute approximate surface area is 170 Å². The van der Waals surface area contributed by atoms with Crippen LogP contribution in [-0.2, 0) is 11.3 Å². The van der Waals surface area contributed by atoms with E-state index in [2.05, 4.69) is 10.6 Å². The van der Waals surface area contributed by atoms with Crippen LogP contribution in [0.25, 0.3) is 10.9 Å². The van der Waals surface area contributed by atoms with E-state index in [1.807, 2.05) is 67.8 Å². The maximum absolute atomic E-state index is 12.6. The van der Waals surface area contributed by atoms with Crippen LogP contribution < -0.4 is 10.6 Å². The molecule has 0 saturated carbocycles. The van der Waals surface area contributed by atoms with Gasteiger partial charge < -0.3 is 19.9 Å².